The molecule has 2 saturated carbocycles. The van der Waals surface area contributed by atoms with Crippen molar-refractivity contribution in [3.8, 4) is 11.5 Å². The largest absolute Gasteiger partial charge is 0.454 e. The quantitative estimate of drug-likeness (QED) is 0.693. The predicted molar refractivity (Wildman–Crippen MR) is 117 cm³/mol. The first kappa shape index (κ1) is 20.0. The van der Waals surface area contributed by atoms with Crippen LogP contribution in [0, 0.1) is 0 Å². The first-order chi connectivity index (χ1) is 14.6. The minimum Gasteiger partial charge on any atom is -0.454 e. The van der Waals surface area contributed by atoms with E-state index in [-0.39, 0.29) is 36.4 Å². The van der Waals surface area contributed by atoms with Gasteiger partial charge in [-0.15, -0.1) is 0 Å². The van der Waals surface area contributed by atoms with Crippen molar-refractivity contribution in [2.24, 2.45) is 0 Å². The van der Waals surface area contributed by atoms with Crippen molar-refractivity contribution in [1.82, 2.24) is 10.6 Å². The van der Waals surface area contributed by atoms with E-state index in [1.54, 1.807) is 0 Å². The molecule has 4 aliphatic rings. The second-order valence-corrected chi connectivity index (χ2v) is 9.90. The average Bonchev–Trinajstić information content (AvgIpc) is 3.21. The number of nitrogens with one attached hydrogen (secondary N) is 3. The SMILES string of the molecule is O=C(CNc1ccc2c(c1)OCO2)NC1CC2(CCCCC2)NC2(CCCCC2)C1. The molecule has 0 unspecified atom stereocenters. The van der Waals surface area contributed by atoms with Gasteiger partial charge in [0.15, 0.2) is 11.5 Å². The predicted octanol–water partition coefficient (Wildman–Crippen LogP) is 4.10. The van der Waals surface area contributed by atoms with Crippen molar-refractivity contribution < 1.29 is 14.3 Å². The van der Waals surface area contributed by atoms with Gasteiger partial charge in [0, 0.05) is 28.9 Å². The van der Waals surface area contributed by atoms with Crippen molar-refractivity contribution in [1.29, 1.82) is 0 Å². The smallest absolute Gasteiger partial charge is 0.239 e. The minimum atomic E-state index is 0.0801. The van der Waals surface area contributed by atoms with Gasteiger partial charge in [0.1, 0.15) is 0 Å². The number of carbonyl (C=O) groups excluding carboxylic acids is 1. The first-order valence-electron chi connectivity index (χ1n) is 11.9. The van der Waals surface area contributed by atoms with Crippen LogP contribution in [-0.4, -0.2) is 36.4 Å². The molecular weight excluding hydrogens is 378 g/mol. The third-order valence-electron chi connectivity index (χ3n) is 7.62. The average molecular weight is 414 g/mol. The lowest BCUT2D eigenvalue weighted by Gasteiger charge is -2.55. The highest BCUT2D eigenvalue weighted by molar-refractivity contribution is 5.81. The van der Waals surface area contributed by atoms with Gasteiger partial charge >= 0.3 is 0 Å². The fourth-order valence-electron chi connectivity index (χ4n) is 6.37. The fourth-order valence-corrected chi connectivity index (χ4v) is 6.37. The fraction of sp³-hybridized carbons (Fsp3) is 0.708. The summed E-state index contributed by atoms with van der Waals surface area (Å²) < 4.78 is 10.8. The zero-order valence-corrected chi connectivity index (χ0v) is 17.9. The van der Waals surface area contributed by atoms with Gasteiger partial charge in [0.2, 0.25) is 12.7 Å². The molecule has 0 radical (unpaired) electrons. The van der Waals surface area contributed by atoms with Crippen molar-refractivity contribution in [2.45, 2.75) is 94.2 Å². The van der Waals surface area contributed by atoms with E-state index in [0.717, 1.165) is 30.0 Å². The molecule has 1 saturated heterocycles. The molecule has 3 N–H and O–H groups in total. The molecule has 2 spiro atoms. The summed E-state index contributed by atoms with van der Waals surface area (Å²) in [6, 6.07) is 5.98. The van der Waals surface area contributed by atoms with Crippen LogP contribution >= 0.6 is 0 Å². The molecule has 5 rings (SSSR count). The van der Waals surface area contributed by atoms with Gasteiger partial charge in [0.05, 0.1) is 6.54 Å². The summed E-state index contributed by atoms with van der Waals surface area (Å²) in [4.78, 5) is 12.8. The minimum absolute atomic E-state index is 0.0801. The summed E-state index contributed by atoms with van der Waals surface area (Å²) in [5.41, 5.74) is 1.35. The van der Waals surface area contributed by atoms with Gasteiger partial charge in [-0.3, -0.25) is 4.79 Å². The van der Waals surface area contributed by atoms with Gasteiger partial charge in [-0.05, 0) is 50.7 Å². The lowest BCUT2D eigenvalue weighted by Crippen LogP contribution is -2.67. The molecular formula is C24H35N3O3. The van der Waals surface area contributed by atoms with Crippen LogP contribution in [0.25, 0.3) is 0 Å². The molecule has 2 aliphatic heterocycles. The van der Waals surface area contributed by atoms with E-state index >= 15 is 0 Å². The van der Waals surface area contributed by atoms with Crippen LogP contribution in [0.1, 0.15) is 77.0 Å². The molecule has 0 aromatic heterocycles. The molecule has 30 heavy (non-hydrogen) atoms. The summed E-state index contributed by atoms with van der Waals surface area (Å²) in [6.45, 7) is 0.544. The van der Waals surface area contributed by atoms with Crippen LogP contribution in [0.3, 0.4) is 0 Å². The summed E-state index contributed by atoms with van der Waals surface area (Å²) in [7, 11) is 0. The van der Waals surface area contributed by atoms with Crippen LogP contribution in [-0.2, 0) is 4.79 Å². The highest BCUT2D eigenvalue weighted by atomic mass is 16.7. The molecule has 6 nitrogen and oxygen atoms in total. The van der Waals surface area contributed by atoms with Gasteiger partial charge in [0.25, 0.3) is 0 Å². The molecule has 1 amide bonds. The third kappa shape index (κ3) is 4.25. The molecule has 3 fully saturated rings. The van der Waals surface area contributed by atoms with Gasteiger partial charge in [-0.25, -0.2) is 0 Å². The van der Waals surface area contributed by atoms with Crippen LogP contribution < -0.4 is 25.4 Å². The number of carbonyl (C=O) groups is 1. The Morgan fingerprint density at radius 1 is 0.933 bits per heavy atom. The van der Waals surface area contributed by atoms with Crippen molar-refractivity contribution >= 4 is 11.6 Å². The van der Waals surface area contributed by atoms with E-state index in [9.17, 15) is 4.79 Å². The number of ether oxygens (including phenoxy) is 2. The third-order valence-corrected chi connectivity index (χ3v) is 7.62. The number of amides is 1. The number of hydrogen-bond acceptors (Lipinski definition) is 5. The maximum Gasteiger partial charge on any atom is 0.239 e. The van der Waals surface area contributed by atoms with Crippen molar-refractivity contribution in [2.75, 3.05) is 18.7 Å². The van der Waals surface area contributed by atoms with Crippen molar-refractivity contribution in [3.05, 3.63) is 18.2 Å². The molecule has 164 valence electrons. The van der Waals surface area contributed by atoms with Gasteiger partial charge in [-0.1, -0.05) is 38.5 Å². The zero-order chi connectivity index (χ0) is 20.4. The van der Waals surface area contributed by atoms with E-state index in [2.05, 4.69) is 16.0 Å². The molecule has 0 atom stereocenters. The van der Waals surface area contributed by atoms with E-state index in [0.29, 0.717) is 0 Å². The topological polar surface area (TPSA) is 71.6 Å². The van der Waals surface area contributed by atoms with Crippen LogP contribution in [0.2, 0.25) is 0 Å². The van der Waals surface area contributed by atoms with Crippen LogP contribution in [0.15, 0.2) is 18.2 Å². The number of anilines is 1. The Kier molecular flexibility index (Phi) is 5.52. The maximum atomic E-state index is 12.8. The number of fused-ring (bicyclic) bond motifs is 1. The normalized spacial score (nSPS) is 26.5. The monoisotopic (exact) mass is 413 g/mol. The molecule has 1 aromatic carbocycles. The lowest BCUT2D eigenvalue weighted by molar-refractivity contribution is -0.121. The lowest BCUT2D eigenvalue weighted by atomic mass is 9.66. The van der Waals surface area contributed by atoms with E-state index < -0.39 is 0 Å². The molecule has 2 heterocycles. The number of benzene rings is 1. The molecule has 1 aromatic rings. The first-order valence-corrected chi connectivity index (χ1v) is 11.9. The van der Waals surface area contributed by atoms with E-state index in [4.69, 9.17) is 9.47 Å². The van der Waals surface area contributed by atoms with Crippen molar-refractivity contribution in [3.63, 3.8) is 0 Å². The highest BCUT2D eigenvalue weighted by Gasteiger charge is 2.48. The molecule has 2 aliphatic carbocycles. The Morgan fingerprint density at radius 3 is 2.23 bits per heavy atom. The van der Waals surface area contributed by atoms with Gasteiger partial charge < -0.3 is 25.4 Å². The summed E-state index contributed by atoms with van der Waals surface area (Å²) in [5.74, 6) is 1.57. The highest BCUT2D eigenvalue weighted by Crippen LogP contribution is 2.44. The van der Waals surface area contributed by atoms with Gasteiger partial charge in [-0.2, -0.15) is 0 Å². The van der Waals surface area contributed by atoms with E-state index in [1.165, 1.54) is 64.2 Å². The molecule has 0 bridgehead atoms. The second kappa shape index (κ2) is 8.29. The number of rotatable bonds is 4. The van der Waals surface area contributed by atoms with E-state index in [1.807, 2.05) is 18.2 Å². The molecule has 6 heteroatoms. The Balaban J connectivity index is 1.22. The number of hydrogen-bond donors (Lipinski definition) is 3. The number of piperidine rings is 1. The summed E-state index contributed by atoms with van der Waals surface area (Å²) in [5, 5.41) is 10.8. The zero-order valence-electron chi connectivity index (χ0n) is 17.9. The summed E-state index contributed by atoms with van der Waals surface area (Å²) >= 11 is 0. The Labute approximate surface area is 179 Å². The second-order valence-electron chi connectivity index (χ2n) is 9.90. The van der Waals surface area contributed by atoms with Crippen LogP contribution in [0.5, 0.6) is 11.5 Å². The Hall–Kier alpha value is -1.95. The Bertz CT molecular complexity index is 743. The summed E-state index contributed by atoms with van der Waals surface area (Å²) in [6.07, 6.45) is 15.2. The van der Waals surface area contributed by atoms with Crippen LogP contribution in [0.4, 0.5) is 5.69 Å². The Morgan fingerprint density at radius 2 is 1.57 bits per heavy atom. The maximum absolute atomic E-state index is 12.8. The standard InChI is InChI=1S/C24H35N3O3/c28-22(16-25-18-7-8-20-21(13-18)30-17-29-20)26-19-14-23(9-3-1-4-10-23)27-24(15-19)11-5-2-6-12-24/h7-8,13,19,25,27H,1-6,9-12,14-17H2,(H,26,28).